The molecule has 0 radical (unpaired) electrons. The van der Waals surface area contributed by atoms with Gasteiger partial charge in [0.05, 0.1) is 4.92 Å². The minimum atomic E-state index is -0.508. The number of nitro groups is 1. The van der Waals surface area contributed by atoms with Crippen molar-refractivity contribution in [2.24, 2.45) is 0 Å². The van der Waals surface area contributed by atoms with Gasteiger partial charge in [0.25, 0.3) is 5.91 Å². The molecule has 0 saturated carbocycles. The predicted octanol–water partition coefficient (Wildman–Crippen LogP) is 2.38. The van der Waals surface area contributed by atoms with E-state index in [0.29, 0.717) is 0 Å². The molecule has 108 valence electrons. The summed E-state index contributed by atoms with van der Waals surface area (Å²) in [5.74, 6) is 0.0331. The highest BCUT2D eigenvalue weighted by Gasteiger charge is 2.18. The highest BCUT2D eigenvalue weighted by molar-refractivity contribution is 5.78. The van der Waals surface area contributed by atoms with E-state index in [1.165, 1.54) is 12.1 Å². The standard InChI is InChI=1S/C14H18N2O4/c17-14(15-9-5-1-2-6-10-15)11-20-13-8-4-3-7-12(13)16(18)19/h3-4,7-8H,1-2,5-6,9-11H2. The number of carbonyl (C=O) groups is 1. The van der Waals surface area contributed by atoms with Gasteiger partial charge in [-0.25, -0.2) is 0 Å². The van der Waals surface area contributed by atoms with Crippen LogP contribution in [0.5, 0.6) is 5.75 Å². The van der Waals surface area contributed by atoms with Crippen LogP contribution in [0.3, 0.4) is 0 Å². The Hall–Kier alpha value is -2.11. The van der Waals surface area contributed by atoms with Crippen molar-refractivity contribution in [2.45, 2.75) is 25.7 Å². The van der Waals surface area contributed by atoms with Gasteiger partial charge >= 0.3 is 5.69 Å². The summed E-state index contributed by atoms with van der Waals surface area (Å²) in [6.07, 6.45) is 4.32. The zero-order valence-electron chi connectivity index (χ0n) is 11.3. The molecule has 6 heteroatoms. The SMILES string of the molecule is O=C(COc1ccccc1[N+](=O)[O-])N1CCCCCC1. The number of hydrogen-bond acceptors (Lipinski definition) is 4. The Balaban J connectivity index is 1.94. The first-order valence-corrected chi connectivity index (χ1v) is 6.82. The van der Waals surface area contributed by atoms with Gasteiger partial charge < -0.3 is 9.64 Å². The monoisotopic (exact) mass is 278 g/mol. The molecule has 20 heavy (non-hydrogen) atoms. The third-order valence-electron chi connectivity index (χ3n) is 3.37. The Labute approximate surface area is 117 Å². The number of nitrogens with zero attached hydrogens (tertiary/aromatic N) is 2. The fourth-order valence-corrected chi connectivity index (χ4v) is 2.28. The van der Waals surface area contributed by atoms with E-state index < -0.39 is 4.92 Å². The second kappa shape index (κ2) is 6.88. The van der Waals surface area contributed by atoms with E-state index in [1.807, 2.05) is 0 Å². The van der Waals surface area contributed by atoms with Crippen LogP contribution in [0.4, 0.5) is 5.69 Å². The lowest BCUT2D eigenvalue weighted by atomic mass is 10.2. The van der Waals surface area contributed by atoms with E-state index in [1.54, 1.807) is 17.0 Å². The number of amides is 1. The molecule has 0 unspecified atom stereocenters. The average molecular weight is 278 g/mol. The molecule has 1 aromatic rings. The number of ether oxygens (including phenoxy) is 1. The topological polar surface area (TPSA) is 72.7 Å². The molecule has 1 heterocycles. The van der Waals surface area contributed by atoms with Gasteiger partial charge in [-0.3, -0.25) is 14.9 Å². The Morgan fingerprint density at radius 3 is 2.50 bits per heavy atom. The van der Waals surface area contributed by atoms with Gasteiger partial charge in [0.15, 0.2) is 12.4 Å². The van der Waals surface area contributed by atoms with Crippen LogP contribution in [-0.4, -0.2) is 35.4 Å². The molecule has 1 aromatic carbocycles. The Morgan fingerprint density at radius 1 is 1.20 bits per heavy atom. The molecule has 1 fully saturated rings. The number of hydrogen-bond donors (Lipinski definition) is 0. The largest absolute Gasteiger partial charge is 0.477 e. The summed E-state index contributed by atoms with van der Waals surface area (Å²) in [6.45, 7) is 1.35. The number of nitro benzene ring substituents is 1. The molecule has 1 amide bonds. The Morgan fingerprint density at radius 2 is 1.85 bits per heavy atom. The van der Waals surface area contributed by atoms with Crippen LogP contribution in [0.25, 0.3) is 0 Å². The van der Waals surface area contributed by atoms with E-state index >= 15 is 0 Å². The van der Waals surface area contributed by atoms with Crippen molar-refractivity contribution < 1.29 is 14.5 Å². The normalized spacial score (nSPS) is 15.5. The van der Waals surface area contributed by atoms with Crippen LogP contribution in [0.15, 0.2) is 24.3 Å². The maximum atomic E-state index is 12.0. The maximum Gasteiger partial charge on any atom is 0.310 e. The minimum Gasteiger partial charge on any atom is -0.477 e. The first kappa shape index (κ1) is 14.3. The van der Waals surface area contributed by atoms with Gasteiger partial charge in [-0.1, -0.05) is 25.0 Å². The number of carbonyl (C=O) groups excluding carboxylic acids is 1. The molecular formula is C14H18N2O4. The first-order valence-electron chi connectivity index (χ1n) is 6.82. The van der Waals surface area contributed by atoms with Crippen molar-refractivity contribution in [2.75, 3.05) is 19.7 Å². The van der Waals surface area contributed by atoms with E-state index in [-0.39, 0.29) is 24.0 Å². The van der Waals surface area contributed by atoms with Crippen molar-refractivity contribution in [1.29, 1.82) is 0 Å². The third-order valence-corrected chi connectivity index (χ3v) is 3.37. The average Bonchev–Trinajstić information content (AvgIpc) is 2.74. The van der Waals surface area contributed by atoms with Crippen LogP contribution >= 0.6 is 0 Å². The second-order valence-electron chi connectivity index (χ2n) is 4.81. The lowest BCUT2D eigenvalue weighted by Gasteiger charge is -2.20. The molecule has 1 aliphatic heterocycles. The summed E-state index contributed by atoms with van der Waals surface area (Å²) in [5, 5.41) is 10.8. The van der Waals surface area contributed by atoms with Crippen LogP contribution in [0, 0.1) is 10.1 Å². The van der Waals surface area contributed by atoms with Gasteiger partial charge in [0, 0.05) is 19.2 Å². The van der Waals surface area contributed by atoms with Gasteiger partial charge in [-0.2, -0.15) is 0 Å². The second-order valence-corrected chi connectivity index (χ2v) is 4.81. The van der Waals surface area contributed by atoms with Crippen molar-refractivity contribution in [3.05, 3.63) is 34.4 Å². The van der Waals surface area contributed by atoms with Crippen LogP contribution in [0.2, 0.25) is 0 Å². The van der Waals surface area contributed by atoms with Gasteiger partial charge in [-0.05, 0) is 18.9 Å². The summed E-state index contributed by atoms with van der Waals surface area (Å²) < 4.78 is 5.32. The van der Waals surface area contributed by atoms with E-state index in [0.717, 1.165) is 38.8 Å². The van der Waals surface area contributed by atoms with Crippen molar-refractivity contribution in [1.82, 2.24) is 4.90 Å². The number of likely N-dealkylation sites (tertiary alicyclic amines) is 1. The van der Waals surface area contributed by atoms with Gasteiger partial charge in [-0.15, -0.1) is 0 Å². The molecule has 0 aromatic heterocycles. The van der Waals surface area contributed by atoms with Gasteiger partial charge in [0.1, 0.15) is 0 Å². The zero-order chi connectivity index (χ0) is 14.4. The summed E-state index contributed by atoms with van der Waals surface area (Å²) in [7, 11) is 0. The molecule has 0 bridgehead atoms. The molecule has 0 aliphatic carbocycles. The fraction of sp³-hybridized carbons (Fsp3) is 0.500. The van der Waals surface area contributed by atoms with Crippen molar-refractivity contribution in [3.8, 4) is 5.75 Å². The zero-order valence-corrected chi connectivity index (χ0v) is 11.3. The summed E-state index contributed by atoms with van der Waals surface area (Å²) >= 11 is 0. The first-order chi connectivity index (χ1) is 9.68. The maximum absolute atomic E-state index is 12.0. The highest BCUT2D eigenvalue weighted by atomic mass is 16.6. The Kier molecular flexibility index (Phi) is 4.92. The molecule has 0 spiro atoms. The van der Waals surface area contributed by atoms with E-state index in [4.69, 9.17) is 4.74 Å². The van der Waals surface area contributed by atoms with Crippen molar-refractivity contribution >= 4 is 11.6 Å². The van der Waals surface area contributed by atoms with Crippen LogP contribution in [0.1, 0.15) is 25.7 Å². The van der Waals surface area contributed by atoms with Crippen LogP contribution in [-0.2, 0) is 4.79 Å². The quantitative estimate of drug-likeness (QED) is 0.626. The van der Waals surface area contributed by atoms with E-state index in [9.17, 15) is 14.9 Å². The lowest BCUT2D eigenvalue weighted by Crippen LogP contribution is -2.35. The molecule has 1 saturated heterocycles. The number of rotatable bonds is 4. The van der Waals surface area contributed by atoms with Gasteiger partial charge in [0.2, 0.25) is 0 Å². The Bertz CT molecular complexity index is 482. The third kappa shape index (κ3) is 3.69. The molecule has 6 nitrogen and oxygen atoms in total. The number of benzene rings is 1. The van der Waals surface area contributed by atoms with E-state index in [2.05, 4.69) is 0 Å². The van der Waals surface area contributed by atoms with Crippen molar-refractivity contribution in [3.63, 3.8) is 0 Å². The minimum absolute atomic E-state index is 0.106. The summed E-state index contributed by atoms with van der Waals surface area (Å²) in [4.78, 5) is 24.2. The fourth-order valence-electron chi connectivity index (χ4n) is 2.28. The highest BCUT2D eigenvalue weighted by Crippen LogP contribution is 2.25. The summed E-state index contributed by atoms with van der Waals surface area (Å²) in [6, 6.07) is 6.10. The molecule has 2 rings (SSSR count). The number of para-hydroxylation sites is 2. The predicted molar refractivity (Wildman–Crippen MR) is 73.6 cm³/mol. The molecule has 0 N–H and O–H groups in total. The lowest BCUT2D eigenvalue weighted by molar-refractivity contribution is -0.385. The smallest absolute Gasteiger partial charge is 0.310 e. The van der Waals surface area contributed by atoms with Crippen LogP contribution < -0.4 is 4.74 Å². The molecular weight excluding hydrogens is 260 g/mol. The molecule has 0 atom stereocenters. The molecule has 1 aliphatic rings. The summed E-state index contributed by atoms with van der Waals surface area (Å²) in [5.41, 5.74) is -0.115.